The SMILES string of the molecule is O=C(O)c1cn(C2CN(C(=O)c3cncc(Br)c3)C2)nn1. The van der Waals surface area contributed by atoms with E-state index in [1.807, 2.05) is 0 Å². The lowest BCUT2D eigenvalue weighted by Crippen LogP contribution is -2.50. The molecule has 1 aliphatic heterocycles. The third-order valence-corrected chi connectivity index (χ3v) is 3.64. The van der Waals surface area contributed by atoms with E-state index in [1.165, 1.54) is 17.1 Å². The van der Waals surface area contributed by atoms with Gasteiger partial charge in [0.2, 0.25) is 0 Å². The second-order valence-electron chi connectivity index (χ2n) is 4.64. The Morgan fingerprint density at radius 1 is 1.33 bits per heavy atom. The number of pyridine rings is 1. The summed E-state index contributed by atoms with van der Waals surface area (Å²) >= 11 is 3.27. The summed E-state index contributed by atoms with van der Waals surface area (Å²) in [6.45, 7) is 0.932. The first-order valence-corrected chi connectivity index (χ1v) is 6.89. The van der Waals surface area contributed by atoms with Crippen molar-refractivity contribution in [3.05, 3.63) is 40.4 Å². The smallest absolute Gasteiger partial charge is 0.358 e. The molecule has 1 fully saturated rings. The number of carboxylic acids is 1. The lowest BCUT2D eigenvalue weighted by molar-refractivity contribution is 0.0497. The Morgan fingerprint density at radius 3 is 2.71 bits per heavy atom. The minimum Gasteiger partial charge on any atom is -0.476 e. The second kappa shape index (κ2) is 5.24. The Hall–Kier alpha value is -2.29. The minimum absolute atomic E-state index is 0.0466. The van der Waals surface area contributed by atoms with Crippen LogP contribution in [0.5, 0.6) is 0 Å². The highest BCUT2D eigenvalue weighted by Crippen LogP contribution is 2.23. The summed E-state index contributed by atoms with van der Waals surface area (Å²) in [6.07, 6.45) is 4.49. The average molecular weight is 352 g/mol. The van der Waals surface area contributed by atoms with Gasteiger partial charge in [0.25, 0.3) is 5.91 Å². The molecule has 8 nitrogen and oxygen atoms in total. The van der Waals surface area contributed by atoms with E-state index in [1.54, 1.807) is 17.2 Å². The van der Waals surface area contributed by atoms with E-state index in [0.29, 0.717) is 18.7 Å². The molecule has 0 aliphatic carbocycles. The highest BCUT2D eigenvalue weighted by Gasteiger charge is 2.33. The molecule has 0 saturated carbocycles. The maximum absolute atomic E-state index is 12.2. The van der Waals surface area contributed by atoms with E-state index < -0.39 is 5.97 Å². The predicted molar refractivity (Wildman–Crippen MR) is 73.9 cm³/mol. The van der Waals surface area contributed by atoms with Gasteiger partial charge in [-0.1, -0.05) is 5.21 Å². The highest BCUT2D eigenvalue weighted by atomic mass is 79.9. The summed E-state index contributed by atoms with van der Waals surface area (Å²) in [5.74, 6) is -1.23. The van der Waals surface area contributed by atoms with Gasteiger partial charge < -0.3 is 10.0 Å². The molecule has 1 N–H and O–H groups in total. The average Bonchev–Trinajstić information content (AvgIpc) is 2.86. The molecule has 0 radical (unpaired) electrons. The molecule has 3 rings (SSSR count). The van der Waals surface area contributed by atoms with Gasteiger partial charge in [-0.05, 0) is 22.0 Å². The molecule has 0 bridgehead atoms. The third kappa shape index (κ3) is 2.64. The second-order valence-corrected chi connectivity index (χ2v) is 5.56. The van der Waals surface area contributed by atoms with Crippen molar-refractivity contribution in [3.63, 3.8) is 0 Å². The highest BCUT2D eigenvalue weighted by molar-refractivity contribution is 9.10. The number of aromatic nitrogens is 4. The van der Waals surface area contributed by atoms with Crippen molar-refractivity contribution in [2.24, 2.45) is 0 Å². The van der Waals surface area contributed by atoms with Gasteiger partial charge >= 0.3 is 5.97 Å². The first-order valence-electron chi connectivity index (χ1n) is 6.09. The molecule has 9 heteroatoms. The van der Waals surface area contributed by atoms with Crippen molar-refractivity contribution in [3.8, 4) is 0 Å². The molecule has 21 heavy (non-hydrogen) atoms. The van der Waals surface area contributed by atoms with Crippen LogP contribution in [-0.2, 0) is 0 Å². The molecule has 0 aromatic carbocycles. The first-order chi connectivity index (χ1) is 10.0. The van der Waals surface area contributed by atoms with Crippen LogP contribution in [-0.4, -0.2) is 55.0 Å². The molecule has 1 saturated heterocycles. The van der Waals surface area contributed by atoms with Crippen LogP contribution in [0.2, 0.25) is 0 Å². The van der Waals surface area contributed by atoms with Gasteiger partial charge in [-0.25, -0.2) is 9.48 Å². The van der Waals surface area contributed by atoms with E-state index in [-0.39, 0.29) is 17.6 Å². The van der Waals surface area contributed by atoms with Gasteiger partial charge in [0, 0.05) is 30.0 Å². The third-order valence-electron chi connectivity index (χ3n) is 3.20. The number of hydrogen-bond donors (Lipinski definition) is 1. The molecule has 2 aromatic heterocycles. The van der Waals surface area contributed by atoms with Crippen LogP contribution < -0.4 is 0 Å². The molecule has 0 unspecified atom stereocenters. The van der Waals surface area contributed by atoms with Crippen LogP contribution in [0.15, 0.2) is 29.1 Å². The summed E-state index contributed by atoms with van der Waals surface area (Å²) in [4.78, 5) is 28.5. The maximum atomic E-state index is 12.2. The van der Waals surface area contributed by atoms with Gasteiger partial charge in [0.1, 0.15) is 0 Å². The van der Waals surface area contributed by atoms with Crippen molar-refractivity contribution < 1.29 is 14.7 Å². The zero-order chi connectivity index (χ0) is 15.0. The zero-order valence-corrected chi connectivity index (χ0v) is 12.3. The fourth-order valence-electron chi connectivity index (χ4n) is 2.05. The number of rotatable bonds is 3. The lowest BCUT2D eigenvalue weighted by Gasteiger charge is -2.38. The number of hydrogen-bond acceptors (Lipinski definition) is 5. The van der Waals surface area contributed by atoms with Gasteiger partial charge in [0.15, 0.2) is 5.69 Å². The molecule has 1 amide bonds. The predicted octanol–water partition coefficient (Wildman–Crippen LogP) is 0.831. The first kappa shape index (κ1) is 13.7. The fourth-order valence-corrected chi connectivity index (χ4v) is 2.42. The molecule has 108 valence electrons. The van der Waals surface area contributed by atoms with Crippen molar-refractivity contribution in [2.45, 2.75) is 6.04 Å². The Labute approximate surface area is 127 Å². The number of carbonyl (C=O) groups excluding carboxylic acids is 1. The van der Waals surface area contributed by atoms with Crippen LogP contribution >= 0.6 is 15.9 Å². The standard InChI is InChI=1S/C12H10BrN5O3/c13-8-1-7(2-14-3-8)11(19)17-4-9(5-17)18-6-10(12(20)21)15-16-18/h1-3,6,9H,4-5H2,(H,20,21). The minimum atomic E-state index is -1.12. The van der Waals surface area contributed by atoms with Gasteiger partial charge in [-0.3, -0.25) is 9.78 Å². The van der Waals surface area contributed by atoms with Crippen molar-refractivity contribution in [1.29, 1.82) is 0 Å². The molecule has 0 spiro atoms. The van der Waals surface area contributed by atoms with Crippen molar-refractivity contribution in [1.82, 2.24) is 24.9 Å². The Kier molecular flexibility index (Phi) is 3.42. The lowest BCUT2D eigenvalue weighted by atomic mass is 10.1. The van der Waals surface area contributed by atoms with Crippen LogP contribution in [0, 0.1) is 0 Å². The van der Waals surface area contributed by atoms with Crippen LogP contribution in [0.1, 0.15) is 26.9 Å². The summed E-state index contributed by atoms with van der Waals surface area (Å²) in [5.41, 5.74) is 0.406. The van der Waals surface area contributed by atoms with Crippen molar-refractivity contribution in [2.75, 3.05) is 13.1 Å². The van der Waals surface area contributed by atoms with Crippen molar-refractivity contribution >= 4 is 27.8 Å². The van der Waals surface area contributed by atoms with Gasteiger partial charge in [0.05, 0.1) is 17.8 Å². The number of carboxylic acid groups (broad SMARTS) is 1. The maximum Gasteiger partial charge on any atom is 0.358 e. The topological polar surface area (TPSA) is 101 Å². The Balaban J connectivity index is 1.65. The largest absolute Gasteiger partial charge is 0.476 e. The molecule has 2 aromatic rings. The van der Waals surface area contributed by atoms with Crippen LogP contribution in [0.4, 0.5) is 0 Å². The van der Waals surface area contributed by atoms with Gasteiger partial charge in [-0.15, -0.1) is 5.10 Å². The summed E-state index contributed by atoms with van der Waals surface area (Å²) in [6, 6.07) is 1.66. The van der Waals surface area contributed by atoms with E-state index >= 15 is 0 Å². The van der Waals surface area contributed by atoms with Gasteiger partial charge in [-0.2, -0.15) is 0 Å². The van der Waals surface area contributed by atoms with E-state index in [4.69, 9.17) is 5.11 Å². The Bertz CT molecular complexity index is 710. The number of likely N-dealkylation sites (tertiary alicyclic amines) is 1. The number of carbonyl (C=O) groups is 2. The quantitative estimate of drug-likeness (QED) is 0.878. The van der Waals surface area contributed by atoms with E-state index in [0.717, 1.165) is 4.47 Å². The molecule has 1 aliphatic rings. The molecule has 3 heterocycles. The molecular weight excluding hydrogens is 342 g/mol. The number of amides is 1. The number of aromatic carboxylic acids is 1. The monoisotopic (exact) mass is 351 g/mol. The van der Waals surface area contributed by atoms with E-state index in [9.17, 15) is 9.59 Å². The summed E-state index contributed by atoms with van der Waals surface area (Å²) in [5, 5.41) is 16.1. The Morgan fingerprint density at radius 2 is 2.10 bits per heavy atom. The molecule has 0 atom stereocenters. The summed E-state index contributed by atoms with van der Waals surface area (Å²) in [7, 11) is 0. The fraction of sp³-hybridized carbons (Fsp3) is 0.250. The van der Waals surface area contributed by atoms with Crippen LogP contribution in [0.3, 0.4) is 0 Å². The van der Waals surface area contributed by atoms with Crippen LogP contribution in [0.25, 0.3) is 0 Å². The van der Waals surface area contributed by atoms with E-state index in [2.05, 4.69) is 31.2 Å². The number of halogens is 1. The zero-order valence-electron chi connectivity index (χ0n) is 10.7. The molecular formula is C12H10BrN5O3. The summed E-state index contributed by atoms with van der Waals surface area (Å²) < 4.78 is 2.22. The number of nitrogens with zero attached hydrogens (tertiary/aromatic N) is 5. The normalized spacial score (nSPS) is 14.8.